The molecule has 24 heavy (non-hydrogen) atoms. The van der Waals surface area contributed by atoms with E-state index in [2.05, 4.69) is 17.2 Å². The molecule has 2 aromatic carbocycles. The van der Waals surface area contributed by atoms with Crippen molar-refractivity contribution in [3.8, 4) is 23.3 Å². The first-order valence-electron chi connectivity index (χ1n) is 7.75. The van der Waals surface area contributed by atoms with E-state index in [-0.39, 0.29) is 19.1 Å². The standard InChI is InChI=1S/C20H21NO3/c1-16-8-7-10-18(14-16)24-15-20(22)21-12-5-6-13-23-19-11-4-3-9-17(19)2/h3-4,7-11,14H,12-13,15H2,1-2H3,(H,21,22). The van der Waals surface area contributed by atoms with Gasteiger partial charge in [-0.25, -0.2) is 0 Å². The van der Waals surface area contributed by atoms with Crippen LogP contribution in [0.5, 0.6) is 11.5 Å². The van der Waals surface area contributed by atoms with E-state index in [1.807, 2.05) is 62.4 Å². The lowest BCUT2D eigenvalue weighted by Gasteiger charge is -2.06. The predicted molar refractivity (Wildman–Crippen MR) is 94.1 cm³/mol. The van der Waals surface area contributed by atoms with Gasteiger partial charge in [0.15, 0.2) is 6.61 Å². The molecule has 0 bridgehead atoms. The highest BCUT2D eigenvalue weighted by molar-refractivity contribution is 5.77. The molecule has 0 atom stereocenters. The highest BCUT2D eigenvalue weighted by atomic mass is 16.5. The van der Waals surface area contributed by atoms with E-state index in [0.717, 1.165) is 16.9 Å². The van der Waals surface area contributed by atoms with Crippen molar-refractivity contribution < 1.29 is 14.3 Å². The lowest BCUT2D eigenvalue weighted by atomic mass is 10.2. The molecule has 1 N–H and O–H groups in total. The summed E-state index contributed by atoms with van der Waals surface area (Å²) in [5, 5.41) is 2.68. The largest absolute Gasteiger partial charge is 0.484 e. The Morgan fingerprint density at radius 2 is 1.88 bits per heavy atom. The molecule has 1 amide bonds. The summed E-state index contributed by atoms with van der Waals surface area (Å²) in [6, 6.07) is 15.3. The summed E-state index contributed by atoms with van der Waals surface area (Å²) >= 11 is 0. The predicted octanol–water partition coefficient (Wildman–Crippen LogP) is 2.88. The van der Waals surface area contributed by atoms with Crippen LogP contribution in [-0.2, 0) is 4.79 Å². The van der Waals surface area contributed by atoms with E-state index in [4.69, 9.17) is 9.47 Å². The molecule has 0 spiro atoms. The van der Waals surface area contributed by atoms with Crippen LogP contribution in [0.2, 0.25) is 0 Å². The maximum absolute atomic E-state index is 11.7. The molecule has 0 aromatic heterocycles. The highest BCUT2D eigenvalue weighted by Crippen LogP contribution is 2.15. The molecule has 2 rings (SSSR count). The first-order valence-corrected chi connectivity index (χ1v) is 7.75. The van der Waals surface area contributed by atoms with Gasteiger partial charge >= 0.3 is 0 Å². The van der Waals surface area contributed by atoms with Crippen LogP contribution in [0, 0.1) is 25.7 Å². The smallest absolute Gasteiger partial charge is 0.258 e. The molecular formula is C20H21NO3. The van der Waals surface area contributed by atoms with Crippen LogP contribution < -0.4 is 14.8 Å². The van der Waals surface area contributed by atoms with Crippen LogP contribution in [0.15, 0.2) is 48.5 Å². The van der Waals surface area contributed by atoms with Gasteiger partial charge in [0.1, 0.15) is 18.1 Å². The molecule has 0 aliphatic carbocycles. The number of aryl methyl sites for hydroxylation is 2. The van der Waals surface area contributed by atoms with Gasteiger partial charge in [-0.2, -0.15) is 0 Å². The Kier molecular flexibility index (Phi) is 6.73. The van der Waals surface area contributed by atoms with Crippen molar-refractivity contribution in [1.29, 1.82) is 0 Å². The molecule has 0 aliphatic rings. The number of hydrogen-bond donors (Lipinski definition) is 1. The Morgan fingerprint density at radius 3 is 2.67 bits per heavy atom. The third kappa shape index (κ3) is 6.05. The van der Waals surface area contributed by atoms with Crippen LogP contribution >= 0.6 is 0 Å². The number of hydrogen-bond acceptors (Lipinski definition) is 3. The number of carbonyl (C=O) groups excluding carboxylic acids is 1. The van der Waals surface area contributed by atoms with E-state index >= 15 is 0 Å². The van der Waals surface area contributed by atoms with Crippen LogP contribution in [0.3, 0.4) is 0 Å². The number of para-hydroxylation sites is 1. The van der Waals surface area contributed by atoms with Gasteiger partial charge in [0.25, 0.3) is 5.91 Å². The number of benzene rings is 2. The average molecular weight is 323 g/mol. The van der Waals surface area contributed by atoms with Crippen molar-refractivity contribution in [1.82, 2.24) is 5.32 Å². The Hall–Kier alpha value is -2.93. The number of carbonyl (C=O) groups is 1. The van der Waals surface area contributed by atoms with Gasteiger partial charge in [-0.05, 0) is 43.2 Å². The van der Waals surface area contributed by atoms with E-state index in [1.165, 1.54) is 0 Å². The first-order chi connectivity index (χ1) is 11.6. The van der Waals surface area contributed by atoms with E-state index in [9.17, 15) is 4.79 Å². The molecule has 124 valence electrons. The van der Waals surface area contributed by atoms with Crippen molar-refractivity contribution in [2.45, 2.75) is 13.8 Å². The van der Waals surface area contributed by atoms with E-state index < -0.39 is 0 Å². The monoisotopic (exact) mass is 323 g/mol. The Labute approximate surface area is 142 Å². The van der Waals surface area contributed by atoms with Crippen molar-refractivity contribution in [2.75, 3.05) is 19.8 Å². The zero-order valence-electron chi connectivity index (χ0n) is 14.0. The summed E-state index contributed by atoms with van der Waals surface area (Å²) in [5.74, 6) is 7.02. The number of ether oxygens (including phenoxy) is 2. The highest BCUT2D eigenvalue weighted by Gasteiger charge is 2.01. The fourth-order valence-electron chi connectivity index (χ4n) is 1.99. The Morgan fingerprint density at radius 1 is 1.04 bits per heavy atom. The summed E-state index contributed by atoms with van der Waals surface area (Å²) in [7, 11) is 0. The van der Waals surface area contributed by atoms with E-state index in [0.29, 0.717) is 12.4 Å². The van der Waals surface area contributed by atoms with Crippen LogP contribution in [0.25, 0.3) is 0 Å². The molecule has 0 saturated carbocycles. The fourth-order valence-corrected chi connectivity index (χ4v) is 1.99. The van der Waals surface area contributed by atoms with Gasteiger partial charge in [-0.1, -0.05) is 42.2 Å². The SMILES string of the molecule is Cc1cccc(OCC(=O)NCC#CCOc2ccccc2C)c1. The number of nitrogens with one attached hydrogen (secondary N) is 1. The third-order valence-corrected chi connectivity index (χ3v) is 3.25. The molecule has 4 nitrogen and oxygen atoms in total. The molecular weight excluding hydrogens is 302 g/mol. The second-order valence-electron chi connectivity index (χ2n) is 5.29. The van der Waals surface area contributed by atoms with Crippen LogP contribution in [0.1, 0.15) is 11.1 Å². The Bertz CT molecular complexity index is 744. The van der Waals surface area contributed by atoms with Crippen LogP contribution in [0.4, 0.5) is 0 Å². The average Bonchev–Trinajstić information content (AvgIpc) is 2.57. The van der Waals surface area contributed by atoms with Crippen molar-refractivity contribution in [2.24, 2.45) is 0 Å². The van der Waals surface area contributed by atoms with E-state index in [1.54, 1.807) is 0 Å². The molecule has 0 heterocycles. The summed E-state index contributed by atoms with van der Waals surface area (Å²) in [4.78, 5) is 11.7. The lowest BCUT2D eigenvalue weighted by molar-refractivity contribution is -0.122. The van der Waals surface area contributed by atoms with Gasteiger partial charge in [-0.3, -0.25) is 4.79 Å². The third-order valence-electron chi connectivity index (χ3n) is 3.25. The van der Waals surface area contributed by atoms with Crippen molar-refractivity contribution in [3.63, 3.8) is 0 Å². The first kappa shape index (κ1) is 17.4. The number of amides is 1. The molecule has 0 radical (unpaired) electrons. The molecule has 0 aliphatic heterocycles. The minimum absolute atomic E-state index is 0.0230. The summed E-state index contributed by atoms with van der Waals surface area (Å²) in [6.07, 6.45) is 0. The Balaban J connectivity index is 1.63. The summed E-state index contributed by atoms with van der Waals surface area (Å²) < 4.78 is 11.0. The second kappa shape index (κ2) is 9.26. The maximum Gasteiger partial charge on any atom is 0.258 e. The van der Waals surface area contributed by atoms with Gasteiger partial charge in [0.05, 0.1) is 6.54 Å². The minimum Gasteiger partial charge on any atom is -0.484 e. The molecule has 4 heteroatoms. The molecule has 2 aromatic rings. The van der Waals surface area contributed by atoms with Gasteiger partial charge < -0.3 is 14.8 Å². The molecule has 0 fully saturated rings. The molecule has 0 saturated heterocycles. The summed E-state index contributed by atoms with van der Waals surface area (Å²) in [5.41, 5.74) is 2.16. The second-order valence-corrected chi connectivity index (χ2v) is 5.29. The van der Waals surface area contributed by atoms with Gasteiger partial charge in [-0.15, -0.1) is 0 Å². The van der Waals surface area contributed by atoms with Crippen LogP contribution in [-0.4, -0.2) is 25.7 Å². The zero-order valence-corrected chi connectivity index (χ0v) is 14.0. The number of rotatable bonds is 6. The zero-order chi connectivity index (χ0) is 17.2. The van der Waals surface area contributed by atoms with Gasteiger partial charge in [0, 0.05) is 0 Å². The van der Waals surface area contributed by atoms with Gasteiger partial charge in [0.2, 0.25) is 0 Å². The minimum atomic E-state index is -0.203. The summed E-state index contributed by atoms with van der Waals surface area (Å²) in [6.45, 7) is 4.50. The normalized spacial score (nSPS) is 9.58. The quantitative estimate of drug-likeness (QED) is 0.832. The maximum atomic E-state index is 11.7. The van der Waals surface area contributed by atoms with Crippen molar-refractivity contribution >= 4 is 5.91 Å². The molecule has 0 unspecified atom stereocenters. The fraction of sp³-hybridized carbons (Fsp3) is 0.250. The lowest BCUT2D eigenvalue weighted by Crippen LogP contribution is -2.29. The van der Waals surface area contributed by atoms with Crippen molar-refractivity contribution in [3.05, 3.63) is 59.7 Å². The topological polar surface area (TPSA) is 47.6 Å².